The summed E-state index contributed by atoms with van der Waals surface area (Å²) in [5, 5.41) is 29.1. The summed E-state index contributed by atoms with van der Waals surface area (Å²) in [6.07, 6.45) is -4.15. The number of Topliss-reactive ketones (excluding diaryl/α,β-unsaturated/α-hetero) is 1. The van der Waals surface area contributed by atoms with Crippen molar-refractivity contribution in [3.63, 3.8) is 0 Å². The van der Waals surface area contributed by atoms with Crippen LogP contribution in [0.25, 0.3) is 0 Å². The van der Waals surface area contributed by atoms with Gasteiger partial charge in [0.1, 0.15) is 12.2 Å². The summed E-state index contributed by atoms with van der Waals surface area (Å²) in [6, 6.07) is 19.9. The van der Waals surface area contributed by atoms with Gasteiger partial charge in [0.15, 0.2) is 28.5 Å². The molecule has 3 aliphatic rings. The number of ether oxygens (including phenoxy) is 2. The van der Waals surface area contributed by atoms with Gasteiger partial charge in [-0.3, -0.25) is 9.59 Å². The van der Waals surface area contributed by atoms with E-state index in [2.05, 4.69) is 66.9 Å². The zero-order valence-corrected chi connectivity index (χ0v) is 43.0. The number of aliphatic hydroxyl groups is 2. The Morgan fingerprint density at radius 3 is 2.00 bits per heavy atom. The van der Waals surface area contributed by atoms with Crippen molar-refractivity contribution in [3.8, 4) is 0 Å². The third-order valence-corrected chi connectivity index (χ3v) is 25.8. The Morgan fingerprint density at radius 1 is 0.921 bits per heavy atom. The monoisotopic (exact) mass is 906 g/mol. The van der Waals surface area contributed by atoms with E-state index in [1.807, 2.05) is 71.0 Å². The predicted molar refractivity (Wildman–Crippen MR) is 254 cm³/mol. The fraction of sp³-hybridized carbons (Fsp3) is 0.667. The summed E-state index contributed by atoms with van der Waals surface area (Å²) in [5.41, 5.74) is -1.86. The molecule has 0 spiro atoms. The van der Waals surface area contributed by atoms with Gasteiger partial charge in [0, 0.05) is 24.0 Å². The lowest BCUT2D eigenvalue weighted by Gasteiger charge is -2.64. The molecule has 2 aromatic carbocycles. The molecule has 0 aliphatic heterocycles. The minimum atomic E-state index is -2.75. The van der Waals surface area contributed by atoms with E-state index in [1.165, 1.54) is 0 Å². The van der Waals surface area contributed by atoms with E-state index in [0.29, 0.717) is 35.3 Å². The molecule has 1 amide bonds. The van der Waals surface area contributed by atoms with Gasteiger partial charge in [-0.2, -0.15) is 0 Å². The average Bonchev–Trinajstić information content (AvgIpc) is 3.24. The van der Waals surface area contributed by atoms with Crippen molar-refractivity contribution < 1.29 is 42.9 Å². The third-order valence-electron chi connectivity index (χ3n) is 16.7. The highest BCUT2D eigenvalue weighted by Crippen LogP contribution is 2.63. The number of amides is 1. The van der Waals surface area contributed by atoms with Crippen LogP contribution >= 0.6 is 0 Å². The van der Waals surface area contributed by atoms with Crippen LogP contribution in [0.1, 0.15) is 125 Å². The molecule has 11 atom stereocenters. The number of ketones is 1. The maximum absolute atomic E-state index is 15.5. The molecule has 10 nitrogen and oxygen atoms in total. The molecule has 5 rings (SSSR count). The number of rotatable bonds is 15. The van der Waals surface area contributed by atoms with Crippen LogP contribution < -0.4 is 5.32 Å². The van der Waals surface area contributed by atoms with E-state index in [1.54, 1.807) is 31.2 Å². The number of hydrogen-bond donors (Lipinski definition) is 3. The van der Waals surface area contributed by atoms with Gasteiger partial charge in [0.2, 0.25) is 0 Å². The normalized spacial score (nSPS) is 31.0. The van der Waals surface area contributed by atoms with E-state index >= 15 is 9.59 Å². The van der Waals surface area contributed by atoms with Crippen molar-refractivity contribution in [3.05, 3.63) is 82.9 Å². The van der Waals surface area contributed by atoms with E-state index in [-0.39, 0.29) is 35.2 Å². The fourth-order valence-corrected chi connectivity index (χ4v) is 15.5. The minimum Gasteiger partial charge on any atom is -0.456 e. The highest BCUT2D eigenvalue weighted by molar-refractivity contribution is 6.74. The zero-order chi connectivity index (χ0) is 47.1. The van der Waals surface area contributed by atoms with Gasteiger partial charge in [-0.15, -0.1) is 0 Å². The SMILES string of the molecule is CCO[C@@H]1CC(O[Si](CC)(CC)CC)[C@@]2(C)C(=O)[C@H](O)C3=C(C)[C@@H](OC(=O)[C@H](O[Si](C)(C)C(C)(C)C)[C@@H](NC(=O)c4ccccc4)c4ccccc4)C[C@@](O)([C@@H](C)[C@@H]2[C@H]1C)C3(C)C. The molecular formula is C51H79NO9Si2. The topological polar surface area (TPSA) is 141 Å². The maximum Gasteiger partial charge on any atom is 0.337 e. The molecular weight excluding hydrogens is 827 g/mol. The van der Waals surface area contributed by atoms with Crippen LogP contribution in [0.15, 0.2) is 71.8 Å². The maximum atomic E-state index is 15.5. The fourth-order valence-electron chi connectivity index (χ4n) is 11.4. The van der Waals surface area contributed by atoms with Crippen molar-refractivity contribution >= 4 is 34.3 Å². The quantitative estimate of drug-likeness (QED) is 0.0905. The lowest BCUT2D eigenvalue weighted by Crippen LogP contribution is -2.70. The summed E-state index contributed by atoms with van der Waals surface area (Å²) < 4.78 is 27.4. The molecule has 12 heteroatoms. The number of hydrogen-bond acceptors (Lipinski definition) is 9. The first-order valence-electron chi connectivity index (χ1n) is 23.6. The zero-order valence-electron chi connectivity index (χ0n) is 41.0. The molecule has 0 radical (unpaired) electrons. The molecule has 0 saturated heterocycles. The van der Waals surface area contributed by atoms with Crippen LogP contribution in [-0.4, -0.2) is 87.2 Å². The first kappa shape index (κ1) is 51.0. The second kappa shape index (κ2) is 19.1. The molecule has 350 valence electrons. The van der Waals surface area contributed by atoms with Crippen molar-refractivity contribution in [2.24, 2.45) is 28.6 Å². The summed E-state index contributed by atoms with van der Waals surface area (Å²) >= 11 is 0. The molecule has 0 heterocycles. The lowest BCUT2D eigenvalue weighted by molar-refractivity contribution is -0.217. The predicted octanol–water partition coefficient (Wildman–Crippen LogP) is 9.97. The number of nitrogens with one attached hydrogen (secondary N) is 1. The highest BCUT2D eigenvalue weighted by atomic mass is 28.4. The van der Waals surface area contributed by atoms with Gasteiger partial charge in [-0.05, 0) is 110 Å². The molecule has 2 bridgehead atoms. The summed E-state index contributed by atoms with van der Waals surface area (Å²) in [6.45, 7) is 31.1. The Bertz CT molecular complexity index is 1950. The van der Waals surface area contributed by atoms with Crippen molar-refractivity contribution in [2.75, 3.05) is 6.61 Å². The minimum absolute atomic E-state index is 0.0179. The molecule has 2 saturated carbocycles. The number of fused-ring (bicyclic) bond motifs is 3. The smallest absolute Gasteiger partial charge is 0.337 e. The first-order chi connectivity index (χ1) is 29.3. The van der Waals surface area contributed by atoms with Gasteiger partial charge in [0.25, 0.3) is 5.91 Å². The average molecular weight is 906 g/mol. The van der Waals surface area contributed by atoms with Crippen LogP contribution in [-0.2, 0) is 27.9 Å². The summed E-state index contributed by atoms with van der Waals surface area (Å²) in [4.78, 5) is 44.7. The largest absolute Gasteiger partial charge is 0.456 e. The van der Waals surface area contributed by atoms with Crippen molar-refractivity contribution in [1.82, 2.24) is 5.32 Å². The van der Waals surface area contributed by atoms with Crippen LogP contribution in [0.2, 0.25) is 36.3 Å². The van der Waals surface area contributed by atoms with E-state index < -0.39 is 81.3 Å². The van der Waals surface area contributed by atoms with Crippen LogP contribution in [0.5, 0.6) is 0 Å². The highest BCUT2D eigenvalue weighted by Gasteiger charge is 2.69. The second-order valence-electron chi connectivity index (χ2n) is 21.1. The van der Waals surface area contributed by atoms with Gasteiger partial charge in [-0.25, -0.2) is 4.79 Å². The lowest BCUT2D eigenvalue weighted by atomic mass is 9.44. The number of carbonyl (C=O) groups excluding carboxylic acids is 3. The molecule has 2 fully saturated rings. The molecule has 3 N–H and O–H groups in total. The Labute approximate surface area is 380 Å². The number of carbonyl (C=O) groups is 3. The van der Waals surface area contributed by atoms with Crippen LogP contribution in [0, 0.1) is 28.6 Å². The van der Waals surface area contributed by atoms with Gasteiger partial charge < -0.3 is 33.9 Å². The van der Waals surface area contributed by atoms with Crippen molar-refractivity contribution in [1.29, 1.82) is 0 Å². The summed E-state index contributed by atoms with van der Waals surface area (Å²) in [7, 11) is -5.03. The van der Waals surface area contributed by atoms with E-state index in [4.69, 9.17) is 18.3 Å². The Morgan fingerprint density at radius 2 is 1.48 bits per heavy atom. The Balaban J connectivity index is 1.66. The van der Waals surface area contributed by atoms with Crippen molar-refractivity contribution in [2.45, 2.75) is 181 Å². The number of esters is 1. The number of benzene rings is 2. The third kappa shape index (κ3) is 9.25. The second-order valence-corrected chi connectivity index (χ2v) is 30.6. The molecule has 1 unspecified atom stereocenters. The van der Waals surface area contributed by atoms with E-state index in [9.17, 15) is 15.0 Å². The van der Waals surface area contributed by atoms with Crippen LogP contribution in [0.3, 0.4) is 0 Å². The van der Waals surface area contributed by atoms with E-state index in [0.717, 1.165) is 18.1 Å². The Kier molecular flexibility index (Phi) is 15.5. The van der Waals surface area contributed by atoms with Crippen LogP contribution in [0.4, 0.5) is 0 Å². The van der Waals surface area contributed by atoms with Gasteiger partial charge >= 0.3 is 5.97 Å². The molecule has 2 aromatic rings. The molecule has 3 aliphatic carbocycles. The van der Waals surface area contributed by atoms with Gasteiger partial charge in [-0.1, -0.05) is 118 Å². The molecule has 0 aromatic heterocycles. The standard InChI is InChI=1S/C51H79NO9Si2/c1-16-58-37-30-39(60-63(17-2,18-3)19-4)50(13)40(32(37)5)34(7)51(57)31-38(33(6)41(49(51,11)12)43(53)45(50)54)59-47(56)44(61-62(14,15)48(8,9)10)42(35-26-22-20-23-27-35)52-46(55)36-28-24-21-25-29-36/h20-29,32,34,37-40,42-44,53,57H,16-19,30-31H2,1-15H3,(H,52,55)/t32-,34-,37+,38-,39?,40-,42-,43+,44+,50+,51+/m0/s1. The Hall–Kier alpha value is -2.98. The summed E-state index contributed by atoms with van der Waals surface area (Å²) in [5.74, 6) is -2.60. The molecule has 63 heavy (non-hydrogen) atoms. The number of aliphatic hydroxyl groups excluding tert-OH is 1. The van der Waals surface area contributed by atoms with Gasteiger partial charge in [0.05, 0.1) is 29.3 Å². The first-order valence-corrected chi connectivity index (χ1v) is 29.0.